The molecule has 0 unspecified atom stereocenters. The largest absolute Gasteiger partial charge is 0.378 e. The molecule has 0 radical (unpaired) electrons. The lowest BCUT2D eigenvalue weighted by Crippen LogP contribution is -2.08. The van der Waals surface area contributed by atoms with Crippen LogP contribution in [0.3, 0.4) is 0 Å². The third-order valence-corrected chi connectivity index (χ3v) is 5.27. The number of rotatable bonds is 8. The maximum Gasteiger partial charge on any atom is 0.0567 e. The first kappa shape index (κ1) is 24.9. The van der Waals surface area contributed by atoms with E-state index in [-0.39, 0.29) is 0 Å². The third-order valence-electron chi connectivity index (χ3n) is 5.27. The Labute approximate surface area is 194 Å². The van der Waals surface area contributed by atoms with Crippen molar-refractivity contribution in [3.8, 4) is 0 Å². The van der Waals surface area contributed by atoms with E-state index in [1.165, 1.54) is 33.5 Å². The molecule has 0 aliphatic heterocycles. The molecule has 0 aromatic heterocycles. The molecular weight excluding hydrogens is 388 g/mol. The topological polar surface area (TPSA) is 15.6 Å². The van der Waals surface area contributed by atoms with Crippen LogP contribution in [-0.2, 0) is 0 Å². The predicted molar refractivity (Wildman–Crippen MR) is 145 cm³/mol. The van der Waals surface area contributed by atoms with Crippen LogP contribution in [-0.4, -0.2) is 26.9 Å². The van der Waals surface area contributed by atoms with Crippen LogP contribution in [0.15, 0.2) is 119 Å². The van der Waals surface area contributed by atoms with E-state index in [2.05, 4.69) is 123 Å². The van der Waals surface area contributed by atoms with E-state index >= 15 is 0 Å². The van der Waals surface area contributed by atoms with Crippen molar-refractivity contribution < 1.29 is 0 Å². The summed E-state index contributed by atoms with van der Waals surface area (Å²) in [6, 6.07) is 8.66. The second-order valence-electron chi connectivity index (χ2n) is 7.92. The number of hydrogen-bond donors (Lipinski definition) is 0. The number of aliphatic imine (C=N–C) groups is 1. The van der Waals surface area contributed by atoms with Gasteiger partial charge in [-0.05, 0) is 79.3 Å². The van der Waals surface area contributed by atoms with Gasteiger partial charge in [-0.3, -0.25) is 4.99 Å². The van der Waals surface area contributed by atoms with Crippen molar-refractivity contribution >= 4 is 17.0 Å². The van der Waals surface area contributed by atoms with Crippen molar-refractivity contribution in [1.29, 1.82) is 0 Å². The molecule has 0 bridgehead atoms. The van der Waals surface area contributed by atoms with Gasteiger partial charge in [-0.25, -0.2) is 0 Å². The summed E-state index contributed by atoms with van der Waals surface area (Å²) in [7, 11) is 5.94. The van der Waals surface area contributed by atoms with Gasteiger partial charge in [0.05, 0.1) is 5.71 Å². The van der Waals surface area contributed by atoms with Gasteiger partial charge in [0, 0.05) is 26.8 Å². The molecule has 166 valence electrons. The summed E-state index contributed by atoms with van der Waals surface area (Å²) < 4.78 is 0. The summed E-state index contributed by atoms with van der Waals surface area (Å²) in [5.41, 5.74) is 8.23. The van der Waals surface area contributed by atoms with Crippen LogP contribution in [0, 0.1) is 0 Å². The molecule has 0 heterocycles. The molecule has 2 nitrogen and oxygen atoms in total. The molecule has 1 aromatic carbocycles. The minimum atomic E-state index is 0.956. The van der Waals surface area contributed by atoms with Crippen molar-refractivity contribution in [2.24, 2.45) is 4.99 Å². The zero-order valence-corrected chi connectivity index (χ0v) is 20.3. The second-order valence-corrected chi connectivity index (χ2v) is 7.92. The van der Waals surface area contributed by atoms with Gasteiger partial charge in [-0.15, -0.1) is 0 Å². The Morgan fingerprint density at radius 2 is 1.72 bits per heavy atom. The van der Waals surface area contributed by atoms with Gasteiger partial charge in [-0.1, -0.05) is 72.9 Å². The fourth-order valence-corrected chi connectivity index (χ4v) is 3.30. The normalized spacial score (nSPS) is 16.1. The van der Waals surface area contributed by atoms with E-state index in [9.17, 15) is 0 Å². The van der Waals surface area contributed by atoms with Gasteiger partial charge in [0.1, 0.15) is 0 Å². The van der Waals surface area contributed by atoms with E-state index in [0.29, 0.717) is 0 Å². The summed E-state index contributed by atoms with van der Waals surface area (Å²) >= 11 is 0. The Kier molecular flexibility index (Phi) is 10.2. The van der Waals surface area contributed by atoms with E-state index in [1.54, 1.807) is 0 Å². The average molecular weight is 425 g/mol. The molecule has 1 aliphatic carbocycles. The fourth-order valence-electron chi connectivity index (χ4n) is 3.30. The van der Waals surface area contributed by atoms with Crippen LogP contribution in [0.4, 0.5) is 5.69 Å². The van der Waals surface area contributed by atoms with Gasteiger partial charge in [-0.2, -0.15) is 0 Å². The standard InChI is InChI=1S/C30H36N2/c1-7-13-28(31-4)21-18-25(3)30(27-15-10-8-9-11-16-27)17-12-14-24(2)26-19-22-29(23-20-26)32(5)6/h7-8,10-23H,9H2,1-6H3/b13-7-,17-12+,21-18-,24-14+,30-25-,31-28?. The van der Waals surface area contributed by atoms with Crippen LogP contribution in [0.2, 0.25) is 0 Å². The maximum atomic E-state index is 4.32. The number of anilines is 1. The molecule has 2 heteroatoms. The lowest BCUT2D eigenvalue weighted by molar-refractivity contribution is 1.13. The zero-order chi connectivity index (χ0) is 23.3. The van der Waals surface area contributed by atoms with E-state index in [0.717, 1.165) is 12.1 Å². The summed E-state index contributed by atoms with van der Waals surface area (Å²) in [5, 5.41) is 0. The molecule has 0 N–H and O–H groups in total. The molecular formula is C30H36N2. The highest BCUT2D eigenvalue weighted by Crippen LogP contribution is 2.23. The number of nitrogens with zero attached hydrogens (tertiary/aromatic N) is 2. The Balaban J connectivity index is 2.36. The lowest BCUT2D eigenvalue weighted by atomic mass is 9.98. The van der Waals surface area contributed by atoms with Crippen molar-refractivity contribution in [2.45, 2.75) is 27.2 Å². The summed E-state index contributed by atoms with van der Waals surface area (Å²) in [6.45, 7) is 6.31. The Bertz CT molecular complexity index is 1030. The molecule has 0 atom stereocenters. The molecule has 0 amide bonds. The molecule has 0 fully saturated rings. The van der Waals surface area contributed by atoms with Crippen molar-refractivity contribution in [2.75, 3.05) is 26.0 Å². The SMILES string of the molecule is C/C=C\C(\C=C/C(C)=C(/C=C/C=C(\C)c1ccc(N(C)C)cc1)C1=CC=CCC=C1)=NC. The first-order valence-corrected chi connectivity index (χ1v) is 11.1. The number of allylic oxidation sites excluding steroid dienone is 16. The molecule has 1 aromatic rings. The van der Waals surface area contributed by atoms with Crippen LogP contribution in [0.25, 0.3) is 5.57 Å². The minimum Gasteiger partial charge on any atom is -0.378 e. The zero-order valence-electron chi connectivity index (χ0n) is 20.3. The van der Waals surface area contributed by atoms with Gasteiger partial charge in [0.2, 0.25) is 0 Å². The molecule has 2 rings (SSSR count). The van der Waals surface area contributed by atoms with Crippen LogP contribution >= 0.6 is 0 Å². The summed E-state index contributed by atoms with van der Waals surface area (Å²) in [6.07, 6.45) is 26.6. The van der Waals surface area contributed by atoms with Crippen LogP contribution in [0.1, 0.15) is 32.8 Å². The molecule has 32 heavy (non-hydrogen) atoms. The lowest BCUT2D eigenvalue weighted by Gasteiger charge is -2.12. The summed E-state index contributed by atoms with van der Waals surface area (Å²) in [4.78, 5) is 6.44. The highest BCUT2D eigenvalue weighted by molar-refractivity contribution is 6.04. The predicted octanol–water partition coefficient (Wildman–Crippen LogP) is 7.67. The monoisotopic (exact) mass is 424 g/mol. The maximum absolute atomic E-state index is 4.32. The van der Waals surface area contributed by atoms with Gasteiger partial charge in [0.15, 0.2) is 0 Å². The molecule has 0 saturated heterocycles. The quantitative estimate of drug-likeness (QED) is 0.309. The number of hydrogen-bond acceptors (Lipinski definition) is 2. The first-order valence-electron chi connectivity index (χ1n) is 11.1. The van der Waals surface area contributed by atoms with Crippen LogP contribution < -0.4 is 4.90 Å². The Morgan fingerprint density at radius 3 is 2.38 bits per heavy atom. The van der Waals surface area contributed by atoms with Crippen molar-refractivity contribution in [3.05, 3.63) is 119 Å². The van der Waals surface area contributed by atoms with E-state index in [1.807, 2.05) is 26.1 Å². The minimum absolute atomic E-state index is 0.956. The molecule has 1 aliphatic rings. The average Bonchev–Trinajstić information content (AvgIpc) is 3.08. The van der Waals surface area contributed by atoms with Gasteiger partial charge in [0.25, 0.3) is 0 Å². The number of benzene rings is 1. The highest BCUT2D eigenvalue weighted by Gasteiger charge is 2.03. The smallest absolute Gasteiger partial charge is 0.0567 e. The molecule has 0 spiro atoms. The third kappa shape index (κ3) is 7.70. The van der Waals surface area contributed by atoms with E-state index < -0.39 is 0 Å². The first-order chi connectivity index (χ1) is 15.5. The Morgan fingerprint density at radius 1 is 0.969 bits per heavy atom. The molecule has 0 saturated carbocycles. The Hall–Kier alpha value is -3.39. The van der Waals surface area contributed by atoms with E-state index in [4.69, 9.17) is 0 Å². The highest BCUT2D eigenvalue weighted by atomic mass is 15.1. The van der Waals surface area contributed by atoms with Crippen LogP contribution in [0.5, 0.6) is 0 Å². The fraction of sp³-hybridized carbons (Fsp3) is 0.233. The van der Waals surface area contributed by atoms with Gasteiger partial charge < -0.3 is 4.90 Å². The second kappa shape index (κ2) is 13.1. The van der Waals surface area contributed by atoms with Gasteiger partial charge >= 0.3 is 0 Å². The van der Waals surface area contributed by atoms with Crippen molar-refractivity contribution in [3.63, 3.8) is 0 Å². The summed E-state index contributed by atoms with van der Waals surface area (Å²) in [5.74, 6) is 0. The van der Waals surface area contributed by atoms with Crippen molar-refractivity contribution in [1.82, 2.24) is 0 Å².